The molecule has 31 heavy (non-hydrogen) atoms. The summed E-state index contributed by atoms with van der Waals surface area (Å²) in [5, 5.41) is 12.6. The molecule has 0 saturated heterocycles. The topological polar surface area (TPSA) is 84.9 Å². The Morgan fingerprint density at radius 1 is 1.19 bits per heavy atom. The number of carbonyl (C=O) groups is 2. The number of fused-ring (bicyclic) bond motifs is 1. The fraction of sp³-hybridized carbons (Fsp3) is 0.217. The van der Waals surface area contributed by atoms with Crippen LogP contribution in [0.15, 0.2) is 61.7 Å². The van der Waals surface area contributed by atoms with Gasteiger partial charge in [0.1, 0.15) is 13.2 Å². The van der Waals surface area contributed by atoms with Crippen molar-refractivity contribution in [1.29, 1.82) is 0 Å². The summed E-state index contributed by atoms with van der Waals surface area (Å²) in [6.45, 7) is 7.43. The third kappa shape index (κ3) is 5.42. The van der Waals surface area contributed by atoms with E-state index in [1.807, 2.05) is 6.07 Å². The maximum Gasteiger partial charge on any atom is 0.307 e. The van der Waals surface area contributed by atoms with E-state index < -0.39 is 16.5 Å². The van der Waals surface area contributed by atoms with Gasteiger partial charge in [-0.1, -0.05) is 49.0 Å². The molecule has 8 heteroatoms. The first-order chi connectivity index (χ1) is 14.9. The van der Waals surface area contributed by atoms with Crippen molar-refractivity contribution in [2.75, 3.05) is 18.5 Å². The minimum atomic E-state index is -0.733. The normalized spacial score (nSPS) is 17.6. The summed E-state index contributed by atoms with van der Waals surface area (Å²) < 4.78 is 10.8. The van der Waals surface area contributed by atoms with Gasteiger partial charge in [0, 0.05) is 16.3 Å². The van der Waals surface area contributed by atoms with Crippen LogP contribution in [0.4, 0.5) is 5.69 Å². The number of para-hydroxylation sites is 1. The molecule has 0 spiro atoms. The molecule has 162 valence electrons. The molecule has 0 bridgehead atoms. The van der Waals surface area contributed by atoms with Crippen LogP contribution in [-0.4, -0.2) is 35.4 Å². The van der Waals surface area contributed by atoms with Gasteiger partial charge in [-0.2, -0.15) is 0 Å². The number of ether oxygens (including phenoxy) is 2. The number of carbonyl (C=O) groups excluding carboxylic acids is 2. The van der Waals surface area contributed by atoms with E-state index in [2.05, 4.69) is 18.5 Å². The summed E-state index contributed by atoms with van der Waals surface area (Å²) >= 11 is 7.52. The predicted molar refractivity (Wildman–Crippen MR) is 123 cm³/mol. The lowest BCUT2D eigenvalue weighted by molar-refractivity contribution is -0.143. The molecule has 2 aromatic rings. The summed E-state index contributed by atoms with van der Waals surface area (Å²) in [5.41, 5.74) is 1.96. The summed E-state index contributed by atoms with van der Waals surface area (Å²) in [4.78, 5) is 25.1. The number of thioether (sulfide) groups is 1. The number of benzene rings is 2. The number of amides is 1. The van der Waals surface area contributed by atoms with Crippen LogP contribution >= 0.6 is 23.4 Å². The predicted octanol–water partition coefficient (Wildman–Crippen LogP) is 4.87. The smallest absolute Gasteiger partial charge is 0.307 e. The lowest BCUT2D eigenvalue weighted by atomic mass is 10.0. The molecule has 0 unspecified atom stereocenters. The van der Waals surface area contributed by atoms with Crippen molar-refractivity contribution in [1.82, 2.24) is 0 Å². The first kappa shape index (κ1) is 22.8. The molecule has 0 radical (unpaired) electrons. The molecule has 0 fully saturated rings. The summed E-state index contributed by atoms with van der Waals surface area (Å²) in [7, 11) is 0. The fourth-order valence-corrected chi connectivity index (χ4v) is 4.77. The Bertz CT molecular complexity index is 1010. The van der Waals surface area contributed by atoms with E-state index in [0.29, 0.717) is 16.3 Å². The fourth-order valence-electron chi connectivity index (χ4n) is 3.17. The van der Waals surface area contributed by atoms with Crippen LogP contribution in [0.1, 0.15) is 22.8 Å². The van der Waals surface area contributed by atoms with E-state index in [0.717, 1.165) is 5.56 Å². The van der Waals surface area contributed by atoms with Crippen LogP contribution in [0.2, 0.25) is 5.02 Å². The Morgan fingerprint density at radius 2 is 1.97 bits per heavy atom. The number of nitrogens with one attached hydrogen (secondary N) is 1. The van der Waals surface area contributed by atoms with Gasteiger partial charge < -0.3 is 19.9 Å². The highest BCUT2D eigenvalue weighted by Gasteiger charge is 2.35. The van der Waals surface area contributed by atoms with E-state index in [-0.39, 0.29) is 37.0 Å². The van der Waals surface area contributed by atoms with Crippen LogP contribution in [0, 0.1) is 0 Å². The molecule has 0 aromatic heterocycles. The Balaban J connectivity index is 2.05. The second kappa shape index (κ2) is 10.4. The van der Waals surface area contributed by atoms with Crippen molar-refractivity contribution in [2.45, 2.75) is 16.9 Å². The van der Waals surface area contributed by atoms with Crippen molar-refractivity contribution in [3.05, 3.63) is 77.9 Å². The molecule has 3 rings (SSSR count). The third-order valence-electron chi connectivity index (χ3n) is 4.51. The zero-order valence-corrected chi connectivity index (χ0v) is 18.2. The lowest BCUT2D eigenvalue weighted by Gasteiger charge is -2.23. The van der Waals surface area contributed by atoms with Crippen molar-refractivity contribution < 1.29 is 24.2 Å². The number of halogens is 1. The number of hydrogen-bond donors (Lipinski definition) is 2. The monoisotopic (exact) mass is 459 g/mol. The highest BCUT2D eigenvalue weighted by molar-refractivity contribution is 8.01. The van der Waals surface area contributed by atoms with Gasteiger partial charge >= 0.3 is 5.97 Å². The van der Waals surface area contributed by atoms with Crippen LogP contribution in [0.5, 0.6) is 11.5 Å². The summed E-state index contributed by atoms with van der Waals surface area (Å²) in [5.74, 6) is -0.572. The number of phenolic OH excluding ortho intramolecular Hbond substituents is 1. The summed E-state index contributed by atoms with van der Waals surface area (Å²) in [6.07, 6.45) is 2.92. The molecular weight excluding hydrogens is 438 g/mol. The number of hydrogen-bond acceptors (Lipinski definition) is 6. The minimum absolute atomic E-state index is 0.0333. The van der Waals surface area contributed by atoms with Crippen molar-refractivity contribution in [3.8, 4) is 11.5 Å². The van der Waals surface area contributed by atoms with Gasteiger partial charge in [0.2, 0.25) is 5.91 Å². The molecule has 1 amide bonds. The van der Waals surface area contributed by atoms with Crippen molar-refractivity contribution in [3.63, 3.8) is 0 Å². The second-order valence-electron chi connectivity index (χ2n) is 6.70. The average Bonchev–Trinajstić information content (AvgIpc) is 2.87. The lowest BCUT2D eigenvalue weighted by Crippen LogP contribution is -2.27. The Labute approximate surface area is 189 Å². The maximum atomic E-state index is 12.9. The Hall–Kier alpha value is -2.90. The van der Waals surface area contributed by atoms with Gasteiger partial charge in [-0.15, -0.1) is 11.8 Å². The van der Waals surface area contributed by atoms with Gasteiger partial charge in [0.25, 0.3) is 0 Å². The Kier molecular flexibility index (Phi) is 7.65. The van der Waals surface area contributed by atoms with Gasteiger partial charge in [-0.05, 0) is 29.8 Å². The first-order valence-corrected chi connectivity index (χ1v) is 10.8. The molecule has 1 aliphatic heterocycles. The summed E-state index contributed by atoms with van der Waals surface area (Å²) in [6, 6.07) is 10.2. The van der Waals surface area contributed by atoms with E-state index in [4.69, 9.17) is 21.1 Å². The van der Waals surface area contributed by atoms with E-state index in [1.54, 1.807) is 30.3 Å². The van der Waals surface area contributed by atoms with Crippen molar-refractivity contribution >= 4 is 40.9 Å². The number of rotatable bonds is 8. The quantitative estimate of drug-likeness (QED) is 0.432. The molecule has 0 aliphatic carbocycles. The molecule has 6 nitrogen and oxygen atoms in total. The zero-order chi connectivity index (χ0) is 22.4. The highest BCUT2D eigenvalue weighted by atomic mass is 35.5. The Morgan fingerprint density at radius 3 is 2.71 bits per heavy atom. The van der Waals surface area contributed by atoms with Crippen molar-refractivity contribution in [2.24, 2.45) is 0 Å². The molecular formula is C23H22ClNO5S. The second-order valence-corrected chi connectivity index (χ2v) is 8.45. The molecule has 2 atom stereocenters. The van der Waals surface area contributed by atoms with Gasteiger partial charge in [0.15, 0.2) is 11.5 Å². The van der Waals surface area contributed by atoms with E-state index in [9.17, 15) is 14.7 Å². The van der Waals surface area contributed by atoms with Gasteiger partial charge in [0.05, 0.1) is 16.9 Å². The maximum absolute atomic E-state index is 12.9. The van der Waals surface area contributed by atoms with E-state index >= 15 is 0 Å². The third-order valence-corrected chi connectivity index (χ3v) is 6.24. The number of aromatic hydroxyl groups is 1. The number of esters is 1. The number of phenols is 1. The first-order valence-electron chi connectivity index (χ1n) is 9.52. The average molecular weight is 460 g/mol. The molecule has 1 heterocycles. The van der Waals surface area contributed by atoms with Crippen LogP contribution in [-0.2, 0) is 14.3 Å². The molecule has 2 N–H and O–H groups in total. The van der Waals surface area contributed by atoms with Crippen LogP contribution in [0.25, 0.3) is 0 Å². The van der Waals surface area contributed by atoms with Gasteiger partial charge in [-0.25, -0.2) is 0 Å². The highest BCUT2D eigenvalue weighted by Crippen LogP contribution is 2.49. The molecule has 0 saturated carbocycles. The molecule has 1 aliphatic rings. The SMILES string of the molecule is C=CCOC(=O)C[C@H]1S[C@H](c2cccc(O)c2OCC=C)c2cc(Cl)ccc2NC1=O. The van der Waals surface area contributed by atoms with Crippen LogP contribution < -0.4 is 10.1 Å². The molecule has 2 aromatic carbocycles. The largest absolute Gasteiger partial charge is 0.504 e. The van der Waals surface area contributed by atoms with Crippen LogP contribution in [0.3, 0.4) is 0 Å². The number of anilines is 1. The van der Waals surface area contributed by atoms with E-state index in [1.165, 1.54) is 23.9 Å². The standard InChI is InChI=1S/C23H22ClNO5S/c1-3-10-29-20(27)13-19-23(28)25-17-9-8-14(24)12-16(17)22(31-19)15-6-5-7-18(26)21(15)30-11-4-2/h3-9,12,19,22,26H,1-2,10-11,13H2,(H,25,28)/t19-,22-/m1/s1. The zero-order valence-electron chi connectivity index (χ0n) is 16.7. The van der Waals surface area contributed by atoms with Gasteiger partial charge in [-0.3, -0.25) is 9.59 Å². The minimum Gasteiger partial charge on any atom is -0.504 e.